The number of nitrogens with one attached hydrogen (secondary N) is 1. The molecule has 0 saturated heterocycles. The first-order valence-corrected chi connectivity index (χ1v) is 6.56. The Hall–Kier alpha value is -3.07. The maximum Gasteiger partial charge on any atom is 0.418 e. The van der Waals surface area contributed by atoms with Crippen LogP contribution in [0.3, 0.4) is 0 Å². The number of benzene rings is 2. The summed E-state index contributed by atoms with van der Waals surface area (Å²) < 4.78 is 38.7. The Bertz CT molecular complexity index is 774. The normalized spacial score (nSPS) is 11.7. The lowest BCUT2D eigenvalue weighted by molar-refractivity contribution is -0.136. The lowest BCUT2D eigenvalue weighted by atomic mass is 10.1. The number of nitriles is 1. The van der Waals surface area contributed by atoms with Gasteiger partial charge >= 0.3 is 6.18 Å². The smallest absolute Gasteiger partial charge is 0.321 e. The van der Waals surface area contributed by atoms with Crippen molar-refractivity contribution in [3.8, 4) is 6.07 Å². The highest BCUT2D eigenvalue weighted by molar-refractivity contribution is 6.10. The molecule has 0 bridgehead atoms. The topological polar surface area (TPSA) is 52.9 Å². The Balaban J connectivity index is 2.29. The number of amides is 1. The number of para-hydroxylation sites is 1. The van der Waals surface area contributed by atoms with Gasteiger partial charge in [0.05, 0.1) is 11.3 Å². The number of hydrogen-bond donors (Lipinski definition) is 1. The van der Waals surface area contributed by atoms with E-state index in [0.717, 1.165) is 12.1 Å². The molecule has 0 unspecified atom stereocenters. The van der Waals surface area contributed by atoms with Gasteiger partial charge in [0, 0.05) is 0 Å². The fourth-order valence-corrected chi connectivity index (χ4v) is 1.89. The van der Waals surface area contributed by atoms with Gasteiger partial charge in [0.1, 0.15) is 11.6 Å². The molecule has 0 spiro atoms. The van der Waals surface area contributed by atoms with E-state index in [-0.39, 0.29) is 11.3 Å². The second kappa shape index (κ2) is 6.79. The molecule has 3 nitrogen and oxygen atoms in total. The summed E-state index contributed by atoms with van der Waals surface area (Å²) in [6, 6.07) is 14.9. The van der Waals surface area contributed by atoms with Crippen LogP contribution in [0.1, 0.15) is 11.1 Å². The summed E-state index contributed by atoms with van der Waals surface area (Å²) in [6.07, 6.45) is -3.29. The molecule has 0 aromatic heterocycles. The Morgan fingerprint density at radius 2 is 1.65 bits per heavy atom. The van der Waals surface area contributed by atoms with Crippen LogP contribution in [0.4, 0.5) is 18.9 Å². The van der Waals surface area contributed by atoms with Crippen LogP contribution in [-0.2, 0) is 11.0 Å². The highest BCUT2D eigenvalue weighted by Crippen LogP contribution is 2.34. The summed E-state index contributed by atoms with van der Waals surface area (Å²) in [5.74, 6) is -0.895. The summed E-state index contributed by atoms with van der Waals surface area (Å²) in [5.41, 5.74) is -1.04. The third-order valence-electron chi connectivity index (χ3n) is 2.96. The largest absolute Gasteiger partial charge is 0.418 e. The molecule has 2 aromatic carbocycles. The van der Waals surface area contributed by atoms with E-state index in [0.29, 0.717) is 5.56 Å². The molecule has 0 heterocycles. The van der Waals surface area contributed by atoms with Gasteiger partial charge in [-0.3, -0.25) is 4.79 Å². The quantitative estimate of drug-likeness (QED) is 0.680. The molecule has 1 amide bonds. The first-order chi connectivity index (χ1) is 10.9. The monoisotopic (exact) mass is 316 g/mol. The van der Waals surface area contributed by atoms with Crippen LogP contribution in [0.25, 0.3) is 6.08 Å². The summed E-state index contributed by atoms with van der Waals surface area (Å²) in [4.78, 5) is 12.1. The zero-order chi connectivity index (χ0) is 16.9. The molecule has 0 fully saturated rings. The third-order valence-corrected chi connectivity index (χ3v) is 2.96. The number of carbonyl (C=O) groups is 1. The minimum Gasteiger partial charge on any atom is -0.321 e. The highest BCUT2D eigenvalue weighted by atomic mass is 19.4. The molecule has 0 saturated carbocycles. The van der Waals surface area contributed by atoms with Crippen LogP contribution in [0.15, 0.2) is 60.2 Å². The molecule has 1 N–H and O–H groups in total. The van der Waals surface area contributed by atoms with E-state index in [1.807, 2.05) is 0 Å². The van der Waals surface area contributed by atoms with Gasteiger partial charge in [-0.25, -0.2) is 0 Å². The van der Waals surface area contributed by atoms with E-state index in [1.165, 1.54) is 18.2 Å². The molecule has 0 atom stereocenters. The fraction of sp³-hybridized carbons (Fsp3) is 0.0588. The van der Waals surface area contributed by atoms with Gasteiger partial charge in [-0.1, -0.05) is 42.5 Å². The van der Waals surface area contributed by atoms with Crippen LogP contribution in [0, 0.1) is 11.3 Å². The summed E-state index contributed by atoms with van der Waals surface area (Å²) in [5, 5.41) is 11.2. The molecule has 0 radical (unpaired) electrons. The number of carbonyl (C=O) groups excluding carboxylic acids is 1. The summed E-state index contributed by atoms with van der Waals surface area (Å²) >= 11 is 0. The van der Waals surface area contributed by atoms with E-state index in [4.69, 9.17) is 5.26 Å². The second-order valence-electron chi connectivity index (χ2n) is 4.58. The molecular weight excluding hydrogens is 305 g/mol. The Labute approximate surface area is 130 Å². The molecule has 2 aromatic rings. The average Bonchev–Trinajstić information content (AvgIpc) is 2.53. The van der Waals surface area contributed by atoms with Crippen LogP contribution < -0.4 is 5.32 Å². The Morgan fingerprint density at radius 3 is 2.26 bits per heavy atom. The zero-order valence-electron chi connectivity index (χ0n) is 11.8. The van der Waals surface area contributed by atoms with Crippen LogP contribution in [0.2, 0.25) is 0 Å². The molecule has 23 heavy (non-hydrogen) atoms. The van der Waals surface area contributed by atoms with E-state index in [9.17, 15) is 18.0 Å². The Morgan fingerprint density at radius 1 is 1.04 bits per heavy atom. The summed E-state index contributed by atoms with van der Waals surface area (Å²) in [6.45, 7) is 0. The minimum absolute atomic E-state index is 0.284. The lowest BCUT2D eigenvalue weighted by Gasteiger charge is -2.13. The standard InChI is InChI=1S/C17H11F3N2O/c18-17(19,20)14-8-4-5-9-15(14)22-16(23)13(11-21)10-12-6-2-1-3-7-12/h1-10H,(H,22,23)/b13-10+. The average molecular weight is 316 g/mol. The van der Waals surface area contributed by atoms with Gasteiger partial charge in [0.15, 0.2) is 0 Å². The number of anilines is 1. The first kappa shape index (κ1) is 16.3. The molecule has 2 rings (SSSR count). The van der Waals surface area contributed by atoms with Crippen molar-refractivity contribution in [3.63, 3.8) is 0 Å². The van der Waals surface area contributed by atoms with Crippen molar-refractivity contribution in [1.29, 1.82) is 5.26 Å². The van der Waals surface area contributed by atoms with Gasteiger partial charge in [-0.15, -0.1) is 0 Å². The van der Waals surface area contributed by atoms with Crippen LogP contribution in [-0.4, -0.2) is 5.91 Å². The van der Waals surface area contributed by atoms with Gasteiger partial charge in [-0.05, 0) is 23.8 Å². The maximum absolute atomic E-state index is 12.9. The number of nitrogens with zero attached hydrogens (tertiary/aromatic N) is 1. The van der Waals surface area contributed by atoms with Crippen molar-refractivity contribution >= 4 is 17.7 Å². The molecule has 0 aliphatic heterocycles. The highest BCUT2D eigenvalue weighted by Gasteiger charge is 2.33. The van der Waals surface area contributed by atoms with Crippen LogP contribution in [0.5, 0.6) is 0 Å². The van der Waals surface area contributed by atoms with Crippen molar-refractivity contribution in [2.24, 2.45) is 0 Å². The molecule has 116 valence electrons. The van der Waals surface area contributed by atoms with Gasteiger partial charge < -0.3 is 5.32 Å². The van der Waals surface area contributed by atoms with Crippen molar-refractivity contribution in [1.82, 2.24) is 0 Å². The molecular formula is C17H11F3N2O. The first-order valence-electron chi connectivity index (χ1n) is 6.56. The zero-order valence-corrected chi connectivity index (χ0v) is 11.8. The maximum atomic E-state index is 12.9. The second-order valence-corrected chi connectivity index (χ2v) is 4.58. The molecule has 6 heteroatoms. The minimum atomic E-state index is -4.60. The Kier molecular flexibility index (Phi) is 4.82. The van der Waals surface area contributed by atoms with Crippen molar-refractivity contribution in [2.45, 2.75) is 6.18 Å². The van der Waals surface area contributed by atoms with E-state index in [2.05, 4.69) is 5.32 Å². The van der Waals surface area contributed by atoms with Gasteiger partial charge in [0.2, 0.25) is 0 Å². The molecule has 0 aliphatic rings. The van der Waals surface area contributed by atoms with Gasteiger partial charge in [0.25, 0.3) is 5.91 Å². The molecule has 0 aliphatic carbocycles. The number of hydrogen-bond acceptors (Lipinski definition) is 2. The third kappa shape index (κ3) is 4.20. The fourth-order valence-electron chi connectivity index (χ4n) is 1.89. The SMILES string of the molecule is N#C/C(=C\c1ccccc1)C(=O)Nc1ccccc1C(F)(F)F. The van der Waals surface area contributed by atoms with Crippen molar-refractivity contribution in [3.05, 3.63) is 71.3 Å². The van der Waals surface area contributed by atoms with Crippen molar-refractivity contribution in [2.75, 3.05) is 5.32 Å². The number of alkyl halides is 3. The van der Waals surface area contributed by atoms with Crippen molar-refractivity contribution < 1.29 is 18.0 Å². The van der Waals surface area contributed by atoms with E-state index in [1.54, 1.807) is 36.4 Å². The van der Waals surface area contributed by atoms with E-state index < -0.39 is 17.6 Å². The number of rotatable bonds is 3. The van der Waals surface area contributed by atoms with Gasteiger partial charge in [-0.2, -0.15) is 18.4 Å². The number of halogens is 3. The lowest BCUT2D eigenvalue weighted by Crippen LogP contribution is -2.17. The summed E-state index contributed by atoms with van der Waals surface area (Å²) in [7, 11) is 0. The predicted molar refractivity (Wildman–Crippen MR) is 80.1 cm³/mol. The van der Waals surface area contributed by atoms with Crippen LogP contribution >= 0.6 is 0 Å². The van der Waals surface area contributed by atoms with E-state index >= 15 is 0 Å². The predicted octanol–water partition coefficient (Wildman–Crippen LogP) is 4.25.